The second-order valence-electron chi connectivity index (χ2n) is 8.92. The van der Waals surface area contributed by atoms with Gasteiger partial charge in [0, 0.05) is 18.8 Å². The number of carbonyl (C=O) groups excluding carboxylic acids is 2. The maximum atomic E-state index is 12.5. The first-order chi connectivity index (χ1) is 15.6. The predicted molar refractivity (Wildman–Crippen MR) is 124 cm³/mol. The van der Waals surface area contributed by atoms with Crippen LogP contribution in [0.15, 0.2) is 24.3 Å². The van der Waals surface area contributed by atoms with Gasteiger partial charge in [0.25, 0.3) is 0 Å². The quantitative estimate of drug-likeness (QED) is 0.627. The summed E-state index contributed by atoms with van der Waals surface area (Å²) in [6, 6.07) is 7.84. The van der Waals surface area contributed by atoms with Gasteiger partial charge in [-0.05, 0) is 51.7 Å². The number of hydrogen-bond acceptors (Lipinski definition) is 9. The average molecular weight is 457 g/mol. The summed E-state index contributed by atoms with van der Waals surface area (Å²) in [5, 5.41) is 3.16. The molecule has 1 aliphatic rings. The monoisotopic (exact) mass is 456 g/mol. The molecular weight excluding hydrogens is 424 g/mol. The second kappa shape index (κ2) is 10.5. The number of anilines is 3. The molecule has 1 aromatic carbocycles. The molecule has 3 N–H and O–H groups in total. The summed E-state index contributed by atoms with van der Waals surface area (Å²) in [5.74, 6) is -0.0441. The number of ether oxygens (including phenoxy) is 2. The zero-order chi connectivity index (χ0) is 24.0. The fraction of sp³-hybridized carbons (Fsp3) is 0.522. The number of nitrogens with two attached hydrogens (primary N) is 1. The summed E-state index contributed by atoms with van der Waals surface area (Å²) in [7, 11) is 0. The van der Waals surface area contributed by atoms with Gasteiger partial charge in [-0.15, -0.1) is 0 Å². The number of aryl methyl sites for hydroxylation is 1. The van der Waals surface area contributed by atoms with Crippen LogP contribution in [0.1, 0.15) is 51.9 Å². The van der Waals surface area contributed by atoms with Crippen LogP contribution in [0.3, 0.4) is 0 Å². The smallest absolute Gasteiger partial charge is 0.410 e. The zero-order valence-electron chi connectivity index (χ0n) is 19.6. The molecule has 2 heterocycles. The van der Waals surface area contributed by atoms with Crippen molar-refractivity contribution >= 4 is 29.6 Å². The highest BCUT2D eigenvalue weighted by molar-refractivity contribution is 5.73. The Balaban J connectivity index is 1.54. The summed E-state index contributed by atoms with van der Waals surface area (Å²) in [6.45, 7) is 8.31. The Morgan fingerprint density at radius 1 is 1.15 bits per heavy atom. The van der Waals surface area contributed by atoms with Gasteiger partial charge in [-0.1, -0.05) is 25.1 Å². The van der Waals surface area contributed by atoms with Crippen molar-refractivity contribution in [2.24, 2.45) is 5.92 Å². The number of hydrogen-bond donors (Lipinski definition) is 2. The summed E-state index contributed by atoms with van der Waals surface area (Å²) >= 11 is 0. The highest BCUT2D eigenvalue weighted by Gasteiger charge is 2.30. The number of benzene rings is 1. The third kappa shape index (κ3) is 7.03. The standard InChI is InChI=1S/C23H32N6O4/c1-5-15-8-6-7-9-17(15)25-21-27-18(26-20(24)28-21)14-32-19(30)16-10-12-29(13-11-16)22(31)33-23(2,3)4/h6-9,16H,5,10-14H2,1-4H3,(H3,24,25,26,27,28). The van der Waals surface area contributed by atoms with E-state index in [2.05, 4.69) is 27.2 Å². The molecule has 178 valence electrons. The highest BCUT2D eigenvalue weighted by atomic mass is 16.6. The molecule has 1 saturated heterocycles. The van der Waals surface area contributed by atoms with E-state index in [0.717, 1.165) is 17.7 Å². The van der Waals surface area contributed by atoms with E-state index in [0.29, 0.717) is 31.9 Å². The van der Waals surface area contributed by atoms with Gasteiger partial charge >= 0.3 is 12.1 Å². The second-order valence-corrected chi connectivity index (χ2v) is 8.92. The van der Waals surface area contributed by atoms with Crippen molar-refractivity contribution < 1.29 is 19.1 Å². The van der Waals surface area contributed by atoms with Crippen molar-refractivity contribution in [3.05, 3.63) is 35.7 Å². The minimum Gasteiger partial charge on any atom is -0.457 e. The molecule has 0 saturated carbocycles. The predicted octanol–water partition coefficient (Wildman–Crippen LogP) is 3.45. The van der Waals surface area contributed by atoms with Crippen molar-refractivity contribution in [1.29, 1.82) is 0 Å². The first kappa shape index (κ1) is 24.2. The lowest BCUT2D eigenvalue weighted by molar-refractivity contribution is -0.151. The molecule has 33 heavy (non-hydrogen) atoms. The van der Waals surface area contributed by atoms with Gasteiger partial charge in [-0.2, -0.15) is 15.0 Å². The van der Waals surface area contributed by atoms with Gasteiger partial charge < -0.3 is 25.4 Å². The topological polar surface area (TPSA) is 133 Å². The summed E-state index contributed by atoms with van der Waals surface area (Å²) < 4.78 is 10.8. The molecule has 0 atom stereocenters. The lowest BCUT2D eigenvalue weighted by atomic mass is 9.97. The van der Waals surface area contributed by atoms with Crippen LogP contribution >= 0.6 is 0 Å². The average Bonchev–Trinajstić information content (AvgIpc) is 2.76. The fourth-order valence-corrected chi connectivity index (χ4v) is 3.51. The van der Waals surface area contributed by atoms with E-state index in [1.807, 2.05) is 45.0 Å². The van der Waals surface area contributed by atoms with Crippen LogP contribution in [0.25, 0.3) is 0 Å². The Morgan fingerprint density at radius 3 is 2.52 bits per heavy atom. The number of nitrogens with one attached hydrogen (secondary N) is 1. The lowest BCUT2D eigenvalue weighted by Gasteiger charge is -2.32. The fourth-order valence-electron chi connectivity index (χ4n) is 3.51. The van der Waals surface area contributed by atoms with Gasteiger partial charge in [0.05, 0.1) is 5.92 Å². The number of nitrogen functional groups attached to an aromatic ring is 1. The van der Waals surface area contributed by atoms with Crippen LogP contribution in [-0.4, -0.2) is 50.6 Å². The molecule has 0 aliphatic carbocycles. The maximum absolute atomic E-state index is 12.5. The molecule has 1 aromatic heterocycles. The molecule has 3 rings (SSSR count). The number of rotatable bonds is 6. The molecule has 1 aliphatic heterocycles. The zero-order valence-corrected chi connectivity index (χ0v) is 19.6. The van der Waals surface area contributed by atoms with E-state index < -0.39 is 5.60 Å². The first-order valence-electron chi connectivity index (χ1n) is 11.1. The van der Waals surface area contributed by atoms with Crippen molar-refractivity contribution in [3.8, 4) is 0 Å². The van der Waals surface area contributed by atoms with Gasteiger partial charge in [-0.25, -0.2) is 4.79 Å². The molecule has 10 nitrogen and oxygen atoms in total. The van der Waals surface area contributed by atoms with Crippen LogP contribution in [0.4, 0.5) is 22.4 Å². The summed E-state index contributed by atoms with van der Waals surface area (Å²) in [4.78, 5) is 38.9. The molecule has 0 unspecified atom stereocenters. The number of nitrogens with zero attached hydrogens (tertiary/aromatic N) is 4. The number of amides is 1. The number of carbonyl (C=O) groups is 2. The Morgan fingerprint density at radius 2 is 1.85 bits per heavy atom. The number of aromatic nitrogens is 3. The minimum atomic E-state index is -0.550. The molecule has 2 aromatic rings. The summed E-state index contributed by atoms with van der Waals surface area (Å²) in [5.41, 5.74) is 7.27. The number of likely N-dealkylation sites (tertiary alicyclic amines) is 1. The third-order valence-corrected chi connectivity index (χ3v) is 5.17. The van der Waals surface area contributed by atoms with E-state index in [1.165, 1.54) is 0 Å². The van der Waals surface area contributed by atoms with Crippen LogP contribution in [0.5, 0.6) is 0 Å². The van der Waals surface area contributed by atoms with E-state index in [4.69, 9.17) is 15.2 Å². The van der Waals surface area contributed by atoms with Crippen LogP contribution in [0.2, 0.25) is 0 Å². The SMILES string of the molecule is CCc1ccccc1Nc1nc(N)nc(COC(=O)C2CCN(C(=O)OC(C)(C)C)CC2)n1. The third-order valence-electron chi connectivity index (χ3n) is 5.17. The maximum Gasteiger partial charge on any atom is 0.410 e. The van der Waals surface area contributed by atoms with Crippen molar-refractivity contribution in [2.45, 2.75) is 59.2 Å². The van der Waals surface area contributed by atoms with E-state index in [9.17, 15) is 9.59 Å². The Kier molecular flexibility index (Phi) is 7.67. The number of esters is 1. The normalized spacial score (nSPS) is 14.6. The summed E-state index contributed by atoms with van der Waals surface area (Å²) in [6.07, 6.45) is 1.51. The van der Waals surface area contributed by atoms with Crippen LogP contribution in [-0.2, 0) is 27.3 Å². The Labute approximate surface area is 193 Å². The lowest BCUT2D eigenvalue weighted by Crippen LogP contribution is -2.43. The molecule has 0 spiro atoms. The molecule has 1 amide bonds. The Hall–Kier alpha value is -3.43. The first-order valence-corrected chi connectivity index (χ1v) is 11.1. The molecule has 1 fully saturated rings. The van der Waals surface area contributed by atoms with Gasteiger partial charge in [0.2, 0.25) is 11.9 Å². The molecule has 0 radical (unpaired) electrons. The minimum absolute atomic E-state index is 0.0400. The molecular formula is C23H32N6O4. The highest BCUT2D eigenvalue weighted by Crippen LogP contribution is 2.22. The number of para-hydroxylation sites is 1. The van der Waals surface area contributed by atoms with Crippen molar-refractivity contribution in [3.63, 3.8) is 0 Å². The van der Waals surface area contributed by atoms with Gasteiger partial charge in [0.15, 0.2) is 12.4 Å². The number of piperidine rings is 1. The van der Waals surface area contributed by atoms with Crippen LogP contribution in [0, 0.1) is 5.92 Å². The largest absolute Gasteiger partial charge is 0.457 e. The Bertz CT molecular complexity index is 983. The van der Waals surface area contributed by atoms with Crippen molar-refractivity contribution in [2.75, 3.05) is 24.1 Å². The van der Waals surface area contributed by atoms with E-state index in [1.54, 1.807) is 4.90 Å². The van der Waals surface area contributed by atoms with E-state index in [-0.39, 0.29) is 36.4 Å². The van der Waals surface area contributed by atoms with Crippen molar-refractivity contribution in [1.82, 2.24) is 19.9 Å². The van der Waals surface area contributed by atoms with E-state index >= 15 is 0 Å². The molecule has 10 heteroatoms. The van der Waals surface area contributed by atoms with Gasteiger partial charge in [0.1, 0.15) is 5.60 Å². The van der Waals surface area contributed by atoms with Crippen LogP contribution < -0.4 is 11.1 Å². The van der Waals surface area contributed by atoms with Gasteiger partial charge in [-0.3, -0.25) is 4.79 Å². The molecule has 0 bridgehead atoms.